The average Bonchev–Trinajstić information content (AvgIpc) is 3.15. The summed E-state index contributed by atoms with van der Waals surface area (Å²) in [5, 5.41) is 3.73. The molecule has 0 aliphatic carbocycles. The molecule has 0 aromatic rings. The van der Waals surface area contributed by atoms with E-state index in [1.807, 2.05) is 48.5 Å². The molecule has 1 amide bonds. The summed E-state index contributed by atoms with van der Waals surface area (Å²) in [6, 6.07) is 0. The Morgan fingerprint density at radius 2 is 1.46 bits per heavy atom. The van der Waals surface area contributed by atoms with Crippen molar-refractivity contribution in [2.45, 2.75) is 102 Å². The van der Waals surface area contributed by atoms with Crippen LogP contribution < -0.4 is 0 Å². The summed E-state index contributed by atoms with van der Waals surface area (Å²) in [5.74, 6) is 0.0856. The summed E-state index contributed by atoms with van der Waals surface area (Å²) in [6.45, 7) is 14.4. The number of hydrogen-bond donors (Lipinski definition) is 0. The lowest BCUT2D eigenvalue weighted by molar-refractivity contribution is -0.143. The number of cyclic esters (lactones) is 2. The largest absolute Gasteiger partial charge is 0.462 e. The Hall–Kier alpha value is -1.79. The number of nitrogens with zero attached hydrogens (tertiary/aromatic N) is 2. The predicted octanol–water partition coefficient (Wildman–Crippen LogP) is 5.52. The molecule has 7 heteroatoms. The van der Waals surface area contributed by atoms with Gasteiger partial charge in [-0.05, 0) is 34.1 Å². The molecule has 0 aromatic carbocycles. The first-order valence-corrected chi connectivity index (χ1v) is 9.00. The molecule has 0 saturated carbocycles. The highest BCUT2D eigenvalue weighted by Gasteiger charge is 2.27. The smallest absolute Gasteiger partial charge is 0.409 e. The third-order valence-electron chi connectivity index (χ3n) is 3.52. The van der Waals surface area contributed by atoms with E-state index in [2.05, 4.69) is 5.16 Å². The summed E-state index contributed by atoms with van der Waals surface area (Å²) < 4.78 is 9.59. The van der Waals surface area contributed by atoms with Gasteiger partial charge in [0.2, 0.25) is 0 Å². The van der Waals surface area contributed by atoms with Gasteiger partial charge >= 0.3 is 12.1 Å². The van der Waals surface area contributed by atoms with Crippen LogP contribution in [0.4, 0.5) is 4.79 Å². The Morgan fingerprint density at radius 3 is 1.57 bits per heavy atom. The van der Waals surface area contributed by atoms with Crippen molar-refractivity contribution in [1.29, 1.82) is 0 Å². The van der Waals surface area contributed by atoms with Crippen molar-refractivity contribution in [3.8, 4) is 0 Å². The van der Waals surface area contributed by atoms with Crippen LogP contribution in [0.3, 0.4) is 0 Å². The van der Waals surface area contributed by atoms with E-state index in [1.165, 1.54) is 0 Å². The summed E-state index contributed by atoms with van der Waals surface area (Å²) in [7, 11) is 1.73. The third kappa shape index (κ3) is 13.4. The minimum Gasteiger partial charge on any atom is -0.462 e. The highest BCUT2D eigenvalue weighted by Crippen LogP contribution is 2.18. The molecule has 0 bridgehead atoms. The molecular formula is C21H46N2O5. The van der Waals surface area contributed by atoms with Crippen molar-refractivity contribution in [2.75, 3.05) is 13.6 Å². The Kier molecular flexibility index (Phi) is 20.9. The number of rotatable bonds is 0. The number of carbonyl (C=O) groups excluding carboxylic acids is 2. The molecule has 3 aliphatic rings. The van der Waals surface area contributed by atoms with Crippen molar-refractivity contribution in [3.63, 3.8) is 0 Å². The van der Waals surface area contributed by atoms with Crippen molar-refractivity contribution in [1.82, 2.24) is 4.90 Å². The molecular weight excluding hydrogens is 360 g/mol. The molecule has 0 spiro atoms. The number of hydrogen-bond acceptors (Lipinski definition) is 6. The first-order valence-electron chi connectivity index (χ1n) is 9.00. The maximum absolute atomic E-state index is 10.6. The zero-order valence-corrected chi connectivity index (χ0v) is 16.9. The topological polar surface area (TPSA) is 77.4 Å². The zero-order chi connectivity index (χ0) is 19.6. The average molecular weight is 407 g/mol. The van der Waals surface area contributed by atoms with Crippen LogP contribution in [0.2, 0.25) is 0 Å². The first kappa shape index (κ1) is 33.8. The second kappa shape index (κ2) is 17.3. The van der Waals surface area contributed by atoms with Gasteiger partial charge in [0.15, 0.2) is 0 Å². The van der Waals surface area contributed by atoms with Crippen molar-refractivity contribution in [3.05, 3.63) is 0 Å². The lowest BCUT2D eigenvalue weighted by Crippen LogP contribution is -2.18. The standard InChI is InChI=1S/C6H10O2.C5H9NO2.C5H9NO.C2H6.3CH4/c1-4-3-5(2)8-6(4)7;1-4-3-6(2)5(7)8-4;1-4-3-5(2)7-6-4;1-2;;;/h4-5H,3H2,1-2H3;4H,3H2,1-2H3;5H,3H2,1-2H3;1-2H3;3*1H4. The highest BCUT2D eigenvalue weighted by molar-refractivity contribution is 5.82. The Labute approximate surface area is 173 Å². The molecule has 0 N–H and O–H groups in total. The maximum Gasteiger partial charge on any atom is 0.409 e. The monoisotopic (exact) mass is 406 g/mol. The van der Waals surface area contributed by atoms with Crippen LogP contribution >= 0.6 is 0 Å². The van der Waals surface area contributed by atoms with Crippen LogP contribution in [0, 0.1) is 5.92 Å². The van der Waals surface area contributed by atoms with Crippen molar-refractivity contribution in [2.24, 2.45) is 11.1 Å². The first-order chi connectivity index (χ1) is 11.7. The van der Waals surface area contributed by atoms with Gasteiger partial charge in [-0.15, -0.1) is 0 Å². The summed E-state index contributed by atoms with van der Waals surface area (Å²) >= 11 is 0. The Balaban J connectivity index is -0.000000141. The van der Waals surface area contributed by atoms with Crippen LogP contribution in [-0.2, 0) is 19.1 Å². The fourth-order valence-corrected chi connectivity index (χ4v) is 2.39. The van der Waals surface area contributed by atoms with E-state index in [-0.39, 0.29) is 52.5 Å². The van der Waals surface area contributed by atoms with E-state index in [0.29, 0.717) is 6.10 Å². The van der Waals surface area contributed by atoms with E-state index in [9.17, 15) is 9.59 Å². The van der Waals surface area contributed by atoms with Crippen molar-refractivity contribution < 1.29 is 23.9 Å². The van der Waals surface area contributed by atoms with Crippen LogP contribution in [-0.4, -0.2) is 54.6 Å². The van der Waals surface area contributed by atoms with Crippen LogP contribution in [0.1, 0.15) is 83.6 Å². The molecule has 4 unspecified atom stereocenters. The quantitative estimate of drug-likeness (QED) is 0.495. The van der Waals surface area contributed by atoms with E-state index in [1.54, 1.807) is 11.9 Å². The number of oxime groups is 1. The fraction of sp³-hybridized carbons (Fsp3) is 0.857. The van der Waals surface area contributed by atoms with E-state index < -0.39 is 0 Å². The maximum atomic E-state index is 10.6. The molecule has 4 atom stereocenters. The second-order valence-electron chi connectivity index (χ2n) is 6.41. The number of carbonyl (C=O) groups is 2. The third-order valence-corrected chi connectivity index (χ3v) is 3.52. The van der Waals surface area contributed by atoms with Gasteiger partial charge in [0.05, 0.1) is 24.3 Å². The summed E-state index contributed by atoms with van der Waals surface area (Å²) in [4.78, 5) is 27.5. The highest BCUT2D eigenvalue weighted by atomic mass is 16.6. The lowest BCUT2D eigenvalue weighted by Gasteiger charge is -1.99. The summed E-state index contributed by atoms with van der Waals surface area (Å²) in [5.41, 5.74) is 1.10. The second-order valence-corrected chi connectivity index (χ2v) is 6.41. The van der Waals surface area contributed by atoms with Crippen LogP contribution in [0.25, 0.3) is 0 Å². The van der Waals surface area contributed by atoms with Crippen LogP contribution in [0.15, 0.2) is 5.16 Å². The molecule has 7 nitrogen and oxygen atoms in total. The fourth-order valence-electron chi connectivity index (χ4n) is 2.39. The molecule has 0 radical (unpaired) electrons. The van der Waals surface area contributed by atoms with Gasteiger partial charge in [-0.3, -0.25) is 4.79 Å². The minimum absolute atomic E-state index is 0. The van der Waals surface area contributed by atoms with Gasteiger partial charge in [-0.1, -0.05) is 48.2 Å². The number of ether oxygens (including phenoxy) is 2. The van der Waals surface area contributed by atoms with Gasteiger partial charge < -0.3 is 19.2 Å². The van der Waals surface area contributed by atoms with Gasteiger partial charge in [-0.25, -0.2) is 4.79 Å². The number of esters is 1. The molecule has 2 saturated heterocycles. The molecule has 3 aliphatic heterocycles. The van der Waals surface area contributed by atoms with Crippen molar-refractivity contribution >= 4 is 17.8 Å². The Bertz CT molecular complexity index is 426. The Morgan fingerprint density at radius 1 is 0.929 bits per heavy atom. The molecule has 3 heterocycles. The van der Waals surface area contributed by atoms with Gasteiger partial charge in [0.1, 0.15) is 12.2 Å². The number of likely N-dealkylation sites (N-methyl/N-ethyl adjacent to an activating group) is 1. The zero-order valence-electron chi connectivity index (χ0n) is 16.9. The van der Waals surface area contributed by atoms with Gasteiger partial charge in [0, 0.05) is 13.5 Å². The SMILES string of the molecule is C.C.C.CC.CC1=NOC(C)C1.CC1CC(C)C(=O)O1.CC1CN(C)C(=O)O1. The molecule has 3 rings (SSSR count). The molecule has 170 valence electrons. The van der Waals surface area contributed by atoms with Crippen LogP contribution in [0.5, 0.6) is 0 Å². The normalized spacial score (nSPS) is 26.4. The number of amides is 1. The van der Waals surface area contributed by atoms with Gasteiger partial charge in [-0.2, -0.15) is 0 Å². The van der Waals surface area contributed by atoms with E-state index >= 15 is 0 Å². The molecule has 28 heavy (non-hydrogen) atoms. The summed E-state index contributed by atoms with van der Waals surface area (Å²) in [6.07, 6.45) is 2.22. The van der Waals surface area contributed by atoms with E-state index in [4.69, 9.17) is 14.3 Å². The van der Waals surface area contributed by atoms with Gasteiger partial charge in [0.25, 0.3) is 0 Å². The minimum atomic E-state index is -0.211. The predicted molar refractivity (Wildman–Crippen MR) is 118 cm³/mol. The molecule has 0 aromatic heterocycles. The lowest BCUT2D eigenvalue weighted by atomic mass is 10.1. The molecule has 2 fully saturated rings. The van der Waals surface area contributed by atoms with E-state index in [0.717, 1.165) is 25.1 Å².